The molecule has 0 fully saturated rings. The molecular weight excluding hydrogens is 216 g/mol. The fourth-order valence-electron chi connectivity index (χ4n) is 1.87. The van der Waals surface area contributed by atoms with E-state index in [1.807, 2.05) is 14.0 Å². The van der Waals surface area contributed by atoms with Crippen LogP contribution < -0.4 is 5.32 Å². The molecule has 1 unspecified atom stereocenters. The number of nitrogens with zero attached hydrogens (tertiary/aromatic N) is 1. The van der Waals surface area contributed by atoms with Crippen molar-refractivity contribution in [1.29, 1.82) is 0 Å². The van der Waals surface area contributed by atoms with Crippen LogP contribution in [-0.2, 0) is 4.79 Å². The van der Waals surface area contributed by atoms with Gasteiger partial charge in [-0.05, 0) is 38.4 Å². The summed E-state index contributed by atoms with van der Waals surface area (Å²) in [6, 6.07) is -0.419. The van der Waals surface area contributed by atoms with E-state index in [1.54, 1.807) is 0 Å². The van der Waals surface area contributed by atoms with Crippen LogP contribution in [0.2, 0.25) is 0 Å². The molecule has 0 saturated carbocycles. The van der Waals surface area contributed by atoms with E-state index in [0.717, 1.165) is 26.1 Å². The molecule has 0 aliphatic carbocycles. The minimum Gasteiger partial charge on any atom is -0.480 e. The number of hydrogen-bond donors (Lipinski definition) is 2. The van der Waals surface area contributed by atoms with Gasteiger partial charge >= 0.3 is 5.97 Å². The van der Waals surface area contributed by atoms with Crippen LogP contribution in [-0.4, -0.2) is 48.7 Å². The van der Waals surface area contributed by atoms with E-state index in [0.29, 0.717) is 6.42 Å². The zero-order valence-corrected chi connectivity index (χ0v) is 11.9. The summed E-state index contributed by atoms with van der Waals surface area (Å²) in [7, 11) is 2.05. The zero-order chi connectivity index (χ0) is 13.5. The van der Waals surface area contributed by atoms with Gasteiger partial charge in [-0.1, -0.05) is 27.7 Å². The third kappa shape index (κ3) is 9.12. The summed E-state index contributed by atoms with van der Waals surface area (Å²) in [6.45, 7) is 11.2. The quantitative estimate of drug-likeness (QED) is 0.684. The van der Waals surface area contributed by atoms with Gasteiger partial charge < -0.3 is 15.3 Å². The van der Waals surface area contributed by atoms with Gasteiger partial charge in [0.1, 0.15) is 6.04 Å². The monoisotopic (exact) mass is 244 g/mol. The van der Waals surface area contributed by atoms with E-state index in [4.69, 9.17) is 5.11 Å². The van der Waals surface area contributed by atoms with E-state index >= 15 is 0 Å². The molecule has 4 nitrogen and oxygen atoms in total. The first kappa shape index (κ1) is 16.4. The first-order valence-electron chi connectivity index (χ1n) is 6.41. The van der Waals surface area contributed by atoms with Gasteiger partial charge in [-0.3, -0.25) is 4.79 Å². The maximum atomic E-state index is 11.0. The largest absolute Gasteiger partial charge is 0.480 e. The maximum Gasteiger partial charge on any atom is 0.320 e. The van der Waals surface area contributed by atoms with Gasteiger partial charge in [-0.2, -0.15) is 0 Å². The van der Waals surface area contributed by atoms with Crippen LogP contribution in [0, 0.1) is 5.41 Å². The summed E-state index contributed by atoms with van der Waals surface area (Å²) in [5.41, 5.74) is 0.254. The molecule has 0 rings (SSSR count). The van der Waals surface area contributed by atoms with Crippen LogP contribution in [0.1, 0.15) is 40.5 Å². The highest BCUT2D eigenvalue weighted by molar-refractivity contribution is 5.73. The predicted molar refractivity (Wildman–Crippen MR) is 71.3 cm³/mol. The Balaban J connectivity index is 3.99. The highest BCUT2D eigenvalue weighted by Crippen LogP contribution is 2.14. The van der Waals surface area contributed by atoms with Crippen molar-refractivity contribution in [1.82, 2.24) is 10.2 Å². The SMILES string of the molecule is CCCNC(CCN(C)CC(C)(C)C)C(=O)O. The number of rotatable bonds is 8. The molecule has 0 aromatic carbocycles. The summed E-state index contributed by atoms with van der Waals surface area (Å²) < 4.78 is 0. The van der Waals surface area contributed by atoms with Crippen LogP contribution >= 0.6 is 0 Å². The summed E-state index contributed by atoms with van der Waals surface area (Å²) in [4.78, 5) is 13.2. The molecule has 0 spiro atoms. The number of carboxylic acids is 1. The minimum atomic E-state index is -0.748. The Hall–Kier alpha value is -0.610. The highest BCUT2D eigenvalue weighted by Gasteiger charge is 2.18. The number of carbonyl (C=O) groups is 1. The van der Waals surface area contributed by atoms with Crippen LogP contribution in [0.5, 0.6) is 0 Å². The average molecular weight is 244 g/mol. The maximum absolute atomic E-state index is 11.0. The van der Waals surface area contributed by atoms with Gasteiger partial charge in [-0.15, -0.1) is 0 Å². The standard InChI is InChI=1S/C13H28N2O2/c1-6-8-14-11(12(16)17)7-9-15(5)10-13(2,3)4/h11,14H,6-10H2,1-5H3,(H,16,17). The second kappa shape index (κ2) is 7.67. The van der Waals surface area contributed by atoms with Crippen LogP contribution in [0.25, 0.3) is 0 Å². The molecule has 0 amide bonds. The van der Waals surface area contributed by atoms with Crippen molar-refractivity contribution in [2.75, 3.05) is 26.7 Å². The summed E-state index contributed by atoms with van der Waals surface area (Å²) in [5.74, 6) is -0.748. The molecule has 0 saturated heterocycles. The fourth-order valence-corrected chi connectivity index (χ4v) is 1.87. The number of nitrogens with one attached hydrogen (secondary N) is 1. The third-order valence-electron chi connectivity index (χ3n) is 2.48. The Morgan fingerprint density at radius 2 is 2.00 bits per heavy atom. The van der Waals surface area contributed by atoms with Crippen LogP contribution in [0.15, 0.2) is 0 Å². The zero-order valence-electron chi connectivity index (χ0n) is 11.9. The lowest BCUT2D eigenvalue weighted by Gasteiger charge is -2.27. The van der Waals surface area contributed by atoms with E-state index in [2.05, 4.69) is 31.0 Å². The Kier molecular flexibility index (Phi) is 7.39. The molecule has 0 aromatic heterocycles. The first-order chi connectivity index (χ1) is 7.76. The molecule has 0 aliphatic rings. The molecule has 102 valence electrons. The smallest absolute Gasteiger partial charge is 0.320 e. The van der Waals surface area contributed by atoms with Crippen molar-refractivity contribution in [3.8, 4) is 0 Å². The Morgan fingerprint density at radius 3 is 2.41 bits per heavy atom. The average Bonchev–Trinajstić information content (AvgIpc) is 2.14. The molecule has 0 aromatic rings. The van der Waals surface area contributed by atoms with Crippen molar-refractivity contribution in [2.45, 2.75) is 46.6 Å². The van der Waals surface area contributed by atoms with Crippen molar-refractivity contribution in [3.05, 3.63) is 0 Å². The van der Waals surface area contributed by atoms with E-state index < -0.39 is 12.0 Å². The van der Waals surface area contributed by atoms with Crippen molar-refractivity contribution in [2.24, 2.45) is 5.41 Å². The van der Waals surface area contributed by atoms with Gasteiger partial charge in [0.2, 0.25) is 0 Å². The topological polar surface area (TPSA) is 52.6 Å². The summed E-state index contributed by atoms with van der Waals surface area (Å²) >= 11 is 0. The second-order valence-electron chi connectivity index (χ2n) is 5.93. The van der Waals surface area contributed by atoms with Crippen LogP contribution in [0.4, 0.5) is 0 Å². The second-order valence-corrected chi connectivity index (χ2v) is 5.93. The Morgan fingerprint density at radius 1 is 1.41 bits per heavy atom. The Labute approximate surface area is 105 Å². The van der Waals surface area contributed by atoms with Gasteiger partial charge in [0.25, 0.3) is 0 Å². The summed E-state index contributed by atoms with van der Waals surface area (Å²) in [6.07, 6.45) is 1.61. The lowest BCUT2D eigenvalue weighted by molar-refractivity contribution is -0.139. The molecule has 0 bridgehead atoms. The van der Waals surface area contributed by atoms with Gasteiger partial charge in [0.05, 0.1) is 0 Å². The van der Waals surface area contributed by atoms with E-state index in [1.165, 1.54) is 0 Å². The van der Waals surface area contributed by atoms with Crippen LogP contribution in [0.3, 0.4) is 0 Å². The fraction of sp³-hybridized carbons (Fsp3) is 0.923. The molecule has 17 heavy (non-hydrogen) atoms. The molecule has 0 heterocycles. The highest BCUT2D eigenvalue weighted by atomic mass is 16.4. The normalized spacial score (nSPS) is 14.0. The summed E-state index contributed by atoms with van der Waals surface area (Å²) in [5, 5.41) is 12.1. The first-order valence-corrected chi connectivity index (χ1v) is 6.41. The van der Waals surface area contributed by atoms with Crippen molar-refractivity contribution in [3.63, 3.8) is 0 Å². The molecule has 2 N–H and O–H groups in total. The number of aliphatic carboxylic acids is 1. The minimum absolute atomic E-state index is 0.254. The lowest BCUT2D eigenvalue weighted by atomic mass is 9.96. The number of hydrogen-bond acceptors (Lipinski definition) is 3. The molecule has 4 heteroatoms. The van der Waals surface area contributed by atoms with Crippen molar-refractivity contribution >= 4 is 5.97 Å². The molecule has 0 radical (unpaired) electrons. The third-order valence-corrected chi connectivity index (χ3v) is 2.48. The van der Waals surface area contributed by atoms with E-state index in [-0.39, 0.29) is 5.41 Å². The number of carboxylic acid groups (broad SMARTS) is 1. The van der Waals surface area contributed by atoms with Gasteiger partial charge in [-0.25, -0.2) is 0 Å². The Bertz CT molecular complexity index is 224. The molecule has 1 atom stereocenters. The molecule has 0 aliphatic heterocycles. The van der Waals surface area contributed by atoms with E-state index in [9.17, 15) is 4.79 Å². The molecular formula is C13H28N2O2. The van der Waals surface area contributed by atoms with Gasteiger partial charge in [0, 0.05) is 6.54 Å². The van der Waals surface area contributed by atoms with Crippen molar-refractivity contribution < 1.29 is 9.90 Å². The van der Waals surface area contributed by atoms with Gasteiger partial charge in [0.15, 0.2) is 0 Å². The lowest BCUT2D eigenvalue weighted by Crippen LogP contribution is -2.40. The predicted octanol–water partition coefficient (Wildman–Crippen LogP) is 1.81.